The molecule has 2 atom stereocenters. The predicted octanol–water partition coefficient (Wildman–Crippen LogP) is 2.04. The van der Waals surface area contributed by atoms with Crippen molar-refractivity contribution in [3.05, 3.63) is 0 Å². The minimum atomic E-state index is -0.225. The molecular weight excluding hydrogens is 216 g/mol. The van der Waals surface area contributed by atoms with Gasteiger partial charge in [-0.15, -0.1) is 0 Å². The van der Waals surface area contributed by atoms with Gasteiger partial charge in [0, 0.05) is 12.6 Å². The van der Waals surface area contributed by atoms with Crippen LogP contribution in [0.5, 0.6) is 0 Å². The molecule has 1 aliphatic heterocycles. The van der Waals surface area contributed by atoms with E-state index in [9.17, 15) is 4.79 Å². The Morgan fingerprint density at radius 1 is 1.24 bits per heavy atom. The molecule has 0 spiro atoms. The molecule has 1 amide bonds. The Morgan fingerprint density at radius 3 is 2.71 bits per heavy atom. The van der Waals surface area contributed by atoms with E-state index in [2.05, 4.69) is 17.6 Å². The standard InChI is InChI=1S/C13H24N2O2/c1-10-7-8-14-9-12(10)17-13(16)15-11-5-3-2-4-6-11/h10-12,14H,2-9H2,1H3,(H,15,16). The van der Waals surface area contributed by atoms with Crippen LogP contribution < -0.4 is 10.6 Å². The molecule has 1 saturated carbocycles. The van der Waals surface area contributed by atoms with Gasteiger partial charge >= 0.3 is 6.09 Å². The first-order valence-electron chi connectivity index (χ1n) is 6.93. The molecule has 1 saturated heterocycles. The number of nitrogens with one attached hydrogen (secondary N) is 2. The molecule has 98 valence electrons. The normalized spacial score (nSPS) is 30.9. The number of piperidine rings is 1. The monoisotopic (exact) mass is 240 g/mol. The van der Waals surface area contributed by atoms with Crippen molar-refractivity contribution < 1.29 is 9.53 Å². The second kappa shape index (κ2) is 6.24. The summed E-state index contributed by atoms with van der Waals surface area (Å²) in [6, 6.07) is 0.336. The lowest BCUT2D eigenvalue weighted by Crippen LogP contribution is -2.45. The molecule has 2 fully saturated rings. The van der Waals surface area contributed by atoms with Crippen LogP contribution in [0.15, 0.2) is 0 Å². The molecule has 1 aliphatic carbocycles. The van der Waals surface area contributed by atoms with Gasteiger partial charge in [0.1, 0.15) is 6.10 Å². The van der Waals surface area contributed by atoms with Gasteiger partial charge in [-0.2, -0.15) is 0 Å². The molecule has 0 aromatic rings. The Labute approximate surface area is 103 Å². The summed E-state index contributed by atoms with van der Waals surface area (Å²) < 4.78 is 5.49. The van der Waals surface area contributed by atoms with Crippen LogP contribution in [-0.4, -0.2) is 31.3 Å². The van der Waals surface area contributed by atoms with Gasteiger partial charge in [-0.3, -0.25) is 0 Å². The van der Waals surface area contributed by atoms with Crippen molar-refractivity contribution in [2.75, 3.05) is 13.1 Å². The lowest BCUT2D eigenvalue weighted by Gasteiger charge is -2.30. The van der Waals surface area contributed by atoms with Gasteiger partial charge in [0.15, 0.2) is 0 Å². The highest BCUT2D eigenvalue weighted by Crippen LogP contribution is 2.18. The number of carbonyl (C=O) groups excluding carboxylic acids is 1. The maximum atomic E-state index is 11.8. The zero-order valence-corrected chi connectivity index (χ0v) is 10.7. The molecule has 4 heteroatoms. The van der Waals surface area contributed by atoms with Crippen molar-refractivity contribution in [2.45, 2.75) is 57.6 Å². The average Bonchev–Trinajstić information content (AvgIpc) is 2.33. The van der Waals surface area contributed by atoms with E-state index < -0.39 is 0 Å². The maximum absolute atomic E-state index is 11.8. The van der Waals surface area contributed by atoms with E-state index in [1.54, 1.807) is 0 Å². The Balaban J connectivity index is 1.72. The molecule has 0 radical (unpaired) electrons. The van der Waals surface area contributed by atoms with Crippen LogP contribution in [0, 0.1) is 5.92 Å². The van der Waals surface area contributed by atoms with Crippen molar-refractivity contribution >= 4 is 6.09 Å². The van der Waals surface area contributed by atoms with Crippen molar-refractivity contribution in [2.24, 2.45) is 5.92 Å². The van der Waals surface area contributed by atoms with E-state index in [-0.39, 0.29) is 12.2 Å². The van der Waals surface area contributed by atoms with Gasteiger partial charge in [0.05, 0.1) is 0 Å². The molecule has 0 bridgehead atoms. The van der Waals surface area contributed by atoms with E-state index in [4.69, 9.17) is 4.74 Å². The molecule has 2 aliphatic rings. The van der Waals surface area contributed by atoms with Crippen LogP contribution in [0.2, 0.25) is 0 Å². The maximum Gasteiger partial charge on any atom is 0.407 e. The smallest absolute Gasteiger partial charge is 0.407 e. The summed E-state index contributed by atoms with van der Waals surface area (Å²) in [4.78, 5) is 11.8. The van der Waals surface area contributed by atoms with Crippen LogP contribution in [0.25, 0.3) is 0 Å². The number of alkyl carbamates (subject to hydrolysis) is 1. The zero-order chi connectivity index (χ0) is 12.1. The van der Waals surface area contributed by atoms with Gasteiger partial charge in [-0.1, -0.05) is 26.2 Å². The van der Waals surface area contributed by atoms with Crippen LogP contribution in [0.1, 0.15) is 45.4 Å². The van der Waals surface area contributed by atoms with Crippen molar-refractivity contribution in [1.29, 1.82) is 0 Å². The Hall–Kier alpha value is -0.770. The number of amides is 1. The van der Waals surface area contributed by atoms with Gasteiger partial charge in [-0.25, -0.2) is 4.79 Å². The minimum absolute atomic E-state index is 0.0346. The molecule has 2 unspecified atom stereocenters. The summed E-state index contributed by atoms with van der Waals surface area (Å²) in [6.45, 7) is 3.98. The quantitative estimate of drug-likeness (QED) is 0.776. The van der Waals surface area contributed by atoms with Crippen LogP contribution in [0.4, 0.5) is 4.79 Å². The third-order valence-corrected chi connectivity index (χ3v) is 3.94. The number of carbonyl (C=O) groups is 1. The summed E-state index contributed by atoms with van der Waals surface area (Å²) in [5, 5.41) is 6.27. The summed E-state index contributed by atoms with van der Waals surface area (Å²) in [7, 11) is 0. The Bertz CT molecular complexity index is 252. The highest BCUT2D eigenvalue weighted by molar-refractivity contribution is 5.67. The molecule has 4 nitrogen and oxygen atoms in total. The van der Waals surface area contributed by atoms with Gasteiger partial charge in [-0.05, 0) is 31.7 Å². The summed E-state index contributed by atoms with van der Waals surface area (Å²) in [5.74, 6) is 0.466. The molecule has 1 heterocycles. The largest absolute Gasteiger partial charge is 0.445 e. The highest BCUT2D eigenvalue weighted by Gasteiger charge is 2.25. The Morgan fingerprint density at radius 2 is 2.00 bits per heavy atom. The van der Waals surface area contributed by atoms with E-state index in [0.717, 1.165) is 32.4 Å². The number of ether oxygens (including phenoxy) is 1. The van der Waals surface area contributed by atoms with Crippen LogP contribution in [0.3, 0.4) is 0 Å². The van der Waals surface area contributed by atoms with Gasteiger partial charge in [0.25, 0.3) is 0 Å². The van der Waals surface area contributed by atoms with E-state index >= 15 is 0 Å². The average molecular weight is 240 g/mol. The fraction of sp³-hybridized carbons (Fsp3) is 0.923. The van der Waals surface area contributed by atoms with Crippen LogP contribution >= 0.6 is 0 Å². The van der Waals surface area contributed by atoms with Crippen LogP contribution in [-0.2, 0) is 4.74 Å². The molecule has 2 rings (SSSR count). The van der Waals surface area contributed by atoms with Crippen molar-refractivity contribution in [3.63, 3.8) is 0 Å². The first-order chi connectivity index (χ1) is 8.25. The third kappa shape index (κ3) is 3.87. The topological polar surface area (TPSA) is 50.4 Å². The molecule has 2 N–H and O–H groups in total. The SMILES string of the molecule is CC1CCNCC1OC(=O)NC1CCCCC1. The minimum Gasteiger partial charge on any atom is -0.445 e. The van der Waals surface area contributed by atoms with Gasteiger partial charge in [0.2, 0.25) is 0 Å². The molecule has 17 heavy (non-hydrogen) atoms. The van der Waals surface area contributed by atoms with E-state index in [1.807, 2.05) is 0 Å². The summed E-state index contributed by atoms with van der Waals surface area (Å²) in [6.07, 6.45) is 6.86. The van der Waals surface area contributed by atoms with E-state index in [0.29, 0.717) is 12.0 Å². The molecule has 0 aromatic carbocycles. The summed E-state index contributed by atoms with van der Waals surface area (Å²) >= 11 is 0. The predicted molar refractivity (Wildman–Crippen MR) is 66.9 cm³/mol. The number of hydrogen-bond donors (Lipinski definition) is 2. The van der Waals surface area contributed by atoms with E-state index in [1.165, 1.54) is 19.3 Å². The summed E-state index contributed by atoms with van der Waals surface area (Å²) in [5.41, 5.74) is 0. The second-order valence-electron chi connectivity index (χ2n) is 5.39. The lowest BCUT2D eigenvalue weighted by molar-refractivity contribution is 0.0490. The van der Waals surface area contributed by atoms with Crippen molar-refractivity contribution in [1.82, 2.24) is 10.6 Å². The molecular formula is C13H24N2O2. The second-order valence-corrected chi connectivity index (χ2v) is 5.39. The third-order valence-electron chi connectivity index (χ3n) is 3.94. The first-order valence-corrected chi connectivity index (χ1v) is 6.93. The zero-order valence-electron chi connectivity index (χ0n) is 10.7. The Kier molecular flexibility index (Phi) is 4.66. The molecule has 0 aromatic heterocycles. The number of hydrogen-bond acceptors (Lipinski definition) is 3. The first kappa shape index (κ1) is 12.7. The fourth-order valence-corrected chi connectivity index (χ4v) is 2.70. The van der Waals surface area contributed by atoms with Gasteiger partial charge < -0.3 is 15.4 Å². The number of rotatable bonds is 2. The highest BCUT2D eigenvalue weighted by atomic mass is 16.6. The lowest BCUT2D eigenvalue weighted by atomic mass is 9.96. The van der Waals surface area contributed by atoms with Crippen molar-refractivity contribution in [3.8, 4) is 0 Å². The fourth-order valence-electron chi connectivity index (χ4n) is 2.70.